The van der Waals surface area contributed by atoms with Crippen molar-refractivity contribution in [3.8, 4) is 0 Å². The first-order valence-electron chi connectivity index (χ1n) is 5.59. The summed E-state index contributed by atoms with van der Waals surface area (Å²) in [6.45, 7) is 1.92. The number of carbonyl (C=O) groups excluding carboxylic acids is 1. The number of fused-ring (bicyclic) bond motifs is 1. The van der Waals surface area contributed by atoms with E-state index in [-0.39, 0.29) is 5.78 Å². The summed E-state index contributed by atoms with van der Waals surface area (Å²) in [5, 5.41) is 1.97. The molecule has 0 spiro atoms. The van der Waals surface area contributed by atoms with Crippen molar-refractivity contribution in [2.24, 2.45) is 0 Å². The van der Waals surface area contributed by atoms with E-state index in [1.165, 1.54) is 0 Å². The maximum absolute atomic E-state index is 12.1. The SMILES string of the molecule is Cc1ccncc1C(=O)Cc1cn2ccsc2n1. The maximum atomic E-state index is 12.1. The Labute approximate surface area is 108 Å². The number of pyridine rings is 1. The Morgan fingerprint density at radius 2 is 2.39 bits per heavy atom. The van der Waals surface area contributed by atoms with Crippen LogP contribution in [-0.4, -0.2) is 20.2 Å². The molecule has 0 radical (unpaired) electrons. The molecule has 3 aromatic rings. The number of aryl methyl sites for hydroxylation is 1. The van der Waals surface area contributed by atoms with Gasteiger partial charge in [-0.05, 0) is 18.6 Å². The van der Waals surface area contributed by atoms with Crippen LogP contribution in [0, 0.1) is 6.92 Å². The normalized spacial score (nSPS) is 10.9. The van der Waals surface area contributed by atoms with Gasteiger partial charge in [0, 0.05) is 35.7 Å². The molecule has 0 saturated carbocycles. The van der Waals surface area contributed by atoms with E-state index >= 15 is 0 Å². The van der Waals surface area contributed by atoms with Crippen LogP contribution in [0.15, 0.2) is 36.2 Å². The van der Waals surface area contributed by atoms with Crippen LogP contribution in [0.25, 0.3) is 4.96 Å². The highest BCUT2D eigenvalue weighted by Crippen LogP contribution is 2.14. The zero-order valence-electron chi connectivity index (χ0n) is 9.83. The van der Waals surface area contributed by atoms with Crippen molar-refractivity contribution in [2.45, 2.75) is 13.3 Å². The lowest BCUT2D eigenvalue weighted by Crippen LogP contribution is -2.06. The molecule has 0 N–H and O–H groups in total. The van der Waals surface area contributed by atoms with Crippen LogP contribution in [0.1, 0.15) is 21.6 Å². The Bertz CT molecular complexity index is 685. The molecule has 3 heterocycles. The fourth-order valence-corrected chi connectivity index (χ4v) is 2.60. The molecule has 0 bridgehead atoms. The number of ketones is 1. The molecule has 3 rings (SSSR count). The number of imidazole rings is 1. The highest BCUT2D eigenvalue weighted by molar-refractivity contribution is 7.15. The lowest BCUT2D eigenvalue weighted by Gasteiger charge is -2.01. The van der Waals surface area contributed by atoms with Crippen LogP contribution in [0.3, 0.4) is 0 Å². The number of aromatic nitrogens is 3. The first-order chi connectivity index (χ1) is 8.74. The second kappa shape index (κ2) is 4.34. The Kier molecular flexibility index (Phi) is 2.68. The molecule has 3 aromatic heterocycles. The van der Waals surface area contributed by atoms with Gasteiger partial charge in [0.15, 0.2) is 10.7 Å². The van der Waals surface area contributed by atoms with E-state index in [1.54, 1.807) is 23.7 Å². The largest absolute Gasteiger partial charge is 0.297 e. The van der Waals surface area contributed by atoms with Crippen LogP contribution in [0.5, 0.6) is 0 Å². The van der Waals surface area contributed by atoms with Crippen LogP contribution < -0.4 is 0 Å². The summed E-state index contributed by atoms with van der Waals surface area (Å²) >= 11 is 1.56. The van der Waals surface area contributed by atoms with Crippen molar-refractivity contribution in [1.82, 2.24) is 14.4 Å². The summed E-state index contributed by atoms with van der Waals surface area (Å²) in [7, 11) is 0. The lowest BCUT2D eigenvalue weighted by molar-refractivity contribution is 0.0991. The lowest BCUT2D eigenvalue weighted by atomic mass is 10.0. The Morgan fingerprint density at radius 3 is 3.17 bits per heavy atom. The summed E-state index contributed by atoms with van der Waals surface area (Å²) in [5.74, 6) is 0.0614. The topological polar surface area (TPSA) is 47.3 Å². The summed E-state index contributed by atoms with van der Waals surface area (Å²) in [5.41, 5.74) is 2.43. The standard InChI is InChI=1S/C13H11N3OS/c1-9-2-3-14-7-11(9)12(17)6-10-8-16-4-5-18-13(16)15-10/h2-5,7-8H,6H2,1H3. The number of Topliss-reactive ketones (excluding diaryl/α,β-unsaturated/α-hetero) is 1. The molecule has 4 nitrogen and oxygen atoms in total. The number of nitrogens with zero attached hydrogens (tertiary/aromatic N) is 3. The summed E-state index contributed by atoms with van der Waals surface area (Å²) in [4.78, 5) is 21.5. The van der Waals surface area contributed by atoms with E-state index in [0.29, 0.717) is 12.0 Å². The average molecular weight is 257 g/mol. The number of rotatable bonds is 3. The molecular weight excluding hydrogens is 246 g/mol. The number of hydrogen-bond donors (Lipinski definition) is 0. The van der Waals surface area contributed by atoms with Crippen LogP contribution in [0.2, 0.25) is 0 Å². The smallest absolute Gasteiger partial charge is 0.193 e. The maximum Gasteiger partial charge on any atom is 0.193 e. The van der Waals surface area contributed by atoms with E-state index < -0.39 is 0 Å². The number of hydrogen-bond acceptors (Lipinski definition) is 4. The van der Waals surface area contributed by atoms with E-state index in [1.807, 2.05) is 35.2 Å². The van der Waals surface area contributed by atoms with Crippen LogP contribution in [0.4, 0.5) is 0 Å². The van der Waals surface area contributed by atoms with Crippen molar-refractivity contribution in [3.05, 3.63) is 53.1 Å². The molecule has 5 heteroatoms. The minimum absolute atomic E-state index is 0.0614. The van der Waals surface area contributed by atoms with Gasteiger partial charge >= 0.3 is 0 Å². The van der Waals surface area contributed by atoms with Crippen LogP contribution in [-0.2, 0) is 6.42 Å². The van der Waals surface area contributed by atoms with Crippen molar-refractivity contribution in [3.63, 3.8) is 0 Å². The number of thiazole rings is 1. The summed E-state index contributed by atoms with van der Waals surface area (Å²) in [6, 6.07) is 1.85. The molecule has 0 unspecified atom stereocenters. The minimum atomic E-state index is 0.0614. The van der Waals surface area contributed by atoms with Gasteiger partial charge in [-0.15, -0.1) is 11.3 Å². The van der Waals surface area contributed by atoms with Crippen molar-refractivity contribution in [2.75, 3.05) is 0 Å². The van der Waals surface area contributed by atoms with Gasteiger partial charge in [-0.25, -0.2) is 4.98 Å². The van der Waals surface area contributed by atoms with E-state index in [4.69, 9.17) is 0 Å². The predicted octanol–water partition coefficient (Wildman–Crippen LogP) is 2.52. The fraction of sp³-hybridized carbons (Fsp3) is 0.154. The number of carbonyl (C=O) groups is 1. The van der Waals surface area contributed by atoms with Gasteiger partial charge < -0.3 is 0 Å². The molecule has 0 atom stereocenters. The predicted molar refractivity (Wildman–Crippen MR) is 70.1 cm³/mol. The molecule has 0 fully saturated rings. The average Bonchev–Trinajstić information content (AvgIpc) is 2.90. The quantitative estimate of drug-likeness (QED) is 0.677. The zero-order valence-corrected chi connectivity index (χ0v) is 10.6. The molecule has 90 valence electrons. The third-order valence-electron chi connectivity index (χ3n) is 2.82. The minimum Gasteiger partial charge on any atom is -0.297 e. The second-order valence-electron chi connectivity index (χ2n) is 4.12. The molecule has 0 saturated heterocycles. The van der Waals surface area contributed by atoms with E-state index in [9.17, 15) is 4.79 Å². The first-order valence-corrected chi connectivity index (χ1v) is 6.47. The summed E-state index contributed by atoms with van der Waals surface area (Å²) < 4.78 is 1.93. The monoisotopic (exact) mass is 257 g/mol. The van der Waals surface area contributed by atoms with E-state index in [0.717, 1.165) is 16.2 Å². The second-order valence-corrected chi connectivity index (χ2v) is 4.99. The molecule has 0 aliphatic carbocycles. The van der Waals surface area contributed by atoms with Gasteiger partial charge in [-0.3, -0.25) is 14.2 Å². The van der Waals surface area contributed by atoms with Crippen LogP contribution >= 0.6 is 11.3 Å². The van der Waals surface area contributed by atoms with Crippen molar-refractivity contribution in [1.29, 1.82) is 0 Å². The first kappa shape index (κ1) is 11.1. The van der Waals surface area contributed by atoms with Gasteiger partial charge in [0.25, 0.3) is 0 Å². The highest BCUT2D eigenvalue weighted by Gasteiger charge is 2.12. The van der Waals surface area contributed by atoms with Crippen molar-refractivity contribution < 1.29 is 4.79 Å². The molecule has 0 aliphatic heterocycles. The van der Waals surface area contributed by atoms with Gasteiger partial charge in [-0.1, -0.05) is 0 Å². The van der Waals surface area contributed by atoms with E-state index in [2.05, 4.69) is 9.97 Å². The van der Waals surface area contributed by atoms with Gasteiger partial charge in [0.1, 0.15) is 0 Å². The summed E-state index contributed by atoms with van der Waals surface area (Å²) in [6.07, 6.45) is 7.47. The Morgan fingerprint density at radius 1 is 1.50 bits per heavy atom. The molecule has 0 aliphatic rings. The van der Waals surface area contributed by atoms with Gasteiger partial charge in [-0.2, -0.15) is 0 Å². The third kappa shape index (κ3) is 1.93. The Balaban J connectivity index is 1.87. The van der Waals surface area contributed by atoms with Gasteiger partial charge in [0.05, 0.1) is 12.1 Å². The Hall–Kier alpha value is -2.01. The third-order valence-corrected chi connectivity index (χ3v) is 3.60. The fourth-order valence-electron chi connectivity index (χ4n) is 1.88. The highest BCUT2D eigenvalue weighted by atomic mass is 32.1. The van der Waals surface area contributed by atoms with Gasteiger partial charge in [0.2, 0.25) is 0 Å². The molecule has 0 amide bonds. The van der Waals surface area contributed by atoms with Crippen molar-refractivity contribution >= 4 is 22.1 Å². The zero-order chi connectivity index (χ0) is 12.5. The molecule has 0 aromatic carbocycles. The molecular formula is C13H11N3OS. The molecule has 18 heavy (non-hydrogen) atoms.